The molecule has 4 heteroatoms. The predicted molar refractivity (Wildman–Crippen MR) is 127 cm³/mol. The fraction of sp³-hybridized carbons (Fsp3) is 0.360. The third kappa shape index (κ3) is 4.67. The van der Waals surface area contributed by atoms with Crippen molar-refractivity contribution in [2.24, 2.45) is 21.8 Å². The van der Waals surface area contributed by atoms with E-state index in [-0.39, 0.29) is 5.29 Å². The lowest BCUT2D eigenvalue weighted by Crippen LogP contribution is -2.29. The summed E-state index contributed by atoms with van der Waals surface area (Å²) in [6.45, 7) is 6.18. The van der Waals surface area contributed by atoms with Crippen molar-refractivity contribution in [1.82, 2.24) is 0 Å². The quantitative estimate of drug-likeness (QED) is 0.287. The lowest BCUT2D eigenvalue weighted by molar-refractivity contribution is 0.387. The largest absolute Gasteiger partial charge is 0.228 e. The van der Waals surface area contributed by atoms with Crippen molar-refractivity contribution in [2.75, 3.05) is 5.75 Å². The Morgan fingerprint density at radius 3 is 2.55 bits per heavy atom. The fourth-order valence-corrected chi connectivity index (χ4v) is 6.28. The first-order valence-corrected chi connectivity index (χ1v) is 11.8. The van der Waals surface area contributed by atoms with Gasteiger partial charge in [-0.1, -0.05) is 68.0 Å². The SMILES string of the molecule is C=C(/N=C(Cl)\N=C(/C)C1CCCCC2CSc3ccccc3C21)c1ccccc1. The second-order valence-corrected chi connectivity index (χ2v) is 9.37. The monoisotopic (exact) mass is 422 g/mol. The van der Waals surface area contributed by atoms with Gasteiger partial charge in [0.25, 0.3) is 0 Å². The summed E-state index contributed by atoms with van der Waals surface area (Å²) in [5.74, 6) is 2.86. The third-order valence-corrected chi connectivity index (χ3v) is 7.60. The first-order chi connectivity index (χ1) is 14.1. The van der Waals surface area contributed by atoms with Crippen molar-refractivity contribution in [3.05, 3.63) is 72.3 Å². The van der Waals surface area contributed by atoms with Crippen molar-refractivity contribution in [1.29, 1.82) is 0 Å². The summed E-state index contributed by atoms with van der Waals surface area (Å²) in [5, 5.41) is 0.274. The second-order valence-electron chi connectivity index (χ2n) is 7.97. The van der Waals surface area contributed by atoms with Gasteiger partial charge in [0.05, 0.1) is 5.70 Å². The van der Waals surface area contributed by atoms with E-state index in [1.807, 2.05) is 42.1 Å². The van der Waals surface area contributed by atoms with Crippen LogP contribution >= 0.6 is 23.4 Å². The normalized spacial score (nSPS) is 25.0. The van der Waals surface area contributed by atoms with Gasteiger partial charge in [0.2, 0.25) is 5.29 Å². The van der Waals surface area contributed by atoms with Crippen LogP contribution < -0.4 is 0 Å². The topological polar surface area (TPSA) is 24.7 Å². The lowest BCUT2D eigenvalue weighted by atomic mass is 9.74. The zero-order valence-electron chi connectivity index (χ0n) is 16.9. The van der Waals surface area contributed by atoms with Gasteiger partial charge in [0.1, 0.15) is 0 Å². The van der Waals surface area contributed by atoms with Gasteiger partial charge in [-0.05, 0) is 60.4 Å². The number of hydrogen-bond acceptors (Lipinski definition) is 2. The molecule has 2 aromatic rings. The predicted octanol–water partition coefficient (Wildman–Crippen LogP) is 7.41. The summed E-state index contributed by atoms with van der Waals surface area (Å²) >= 11 is 8.47. The van der Waals surface area contributed by atoms with Crippen LogP contribution in [0.25, 0.3) is 5.70 Å². The molecule has 1 aliphatic carbocycles. The molecule has 2 aliphatic rings. The number of hydrogen-bond donors (Lipinski definition) is 0. The molecule has 0 aromatic heterocycles. The van der Waals surface area contributed by atoms with E-state index in [4.69, 9.17) is 16.6 Å². The van der Waals surface area contributed by atoms with E-state index >= 15 is 0 Å². The molecule has 29 heavy (non-hydrogen) atoms. The van der Waals surface area contributed by atoms with Crippen LogP contribution in [0.4, 0.5) is 0 Å². The molecular weight excluding hydrogens is 396 g/mol. The Kier molecular flexibility index (Phi) is 6.56. The molecule has 2 aromatic carbocycles. The zero-order chi connectivity index (χ0) is 20.2. The van der Waals surface area contributed by atoms with Crippen LogP contribution in [0.1, 0.15) is 49.7 Å². The molecule has 1 fully saturated rings. The molecule has 0 bridgehead atoms. The van der Waals surface area contributed by atoms with Gasteiger partial charge in [0, 0.05) is 22.3 Å². The molecule has 0 spiro atoms. The van der Waals surface area contributed by atoms with Crippen molar-refractivity contribution in [3.63, 3.8) is 0 Å². The summed E-state index contributed by atoms with van der Waals surface area (Å²) in [4.78, 5) is 10.6. The molecule has 0 N–H and O–H groups in total. The van der Waals surface area contributed by atoms with Crippen molar-refractivity contribution >= 4 is 40.1 Å². The average molecular weight is 423 g/mol. The molecular formula is C25H27ClN2S. The molecule has 0 radical (unpaired) electrons. The van der Waals surface area contributed by atoms with Crippen LogP contribution in [0.15, 0.2) is 76.1 Å². The first-order valence-electron chi connectivity index (χ1n) is 10.4. The molecule has 1 heterocycles. The minimum Gasteiger partial charge on any atom is -0.228 e. The van der Waals surface area contributed by atoms with E-state index in [9.17, 15) is 0 Å². The van der Waals surface area contributed by atoms with E-state index in [0.717, 1.165) is 11.3 Å². The minimum absolute atomic E-state index is 0.274. The van der Waals surface area contributed by atoms with Crippen LogP contribution in [-0.2, 0) is 0 Å². The number of nitrogens with zero attached hydrogens (tertiary/aromatic N) is 2. The molecule has 150 valence electrons. The van der Waals surface area contributed by atoms with Gasteiger partial charge in [-0.2, -0.15) is 0 Å². The van der Waals surface area contributed by atoms with Gasteiger partial charge >= 0.3 is 0 Å². The molecule has 4 rings (SSSR count). The Morgan fingerprint density at radius 2 is 1.72 bits per heavy atom. The van der Waals surface area contributed by atoms with Gasteiger partial charge in [-0.25, -0.2) is 9.98 Å². The summed E-state index contributed by atoms with van der Waals surface area (Å²) in [7, 11) is 0. The van der Waals surface area contributed by atoms with Crippen molar-refractivity contribution in [3.8, 4) is 0 Å². The van der Waals surface area contributed by atoms with Crippen LogP contribution in [0.2, 0.25) is 0 Å². The highest BCUT2D eigenvalue weighted by molar-refractivity contribution is 7.99. The average Bonchev–Trinajstić information content (AvgIpc) is 2.97. The Hall–Kier alpha value is -1.84. The van der Waals surface area contributed by atoms with E-state index in [0.29, 0.717) is 23.5 Å². The molecule has 2 nitrogen and oxygen atoms in total. The number of fused-ring (bicyclic) bond motifs is 3. The fourth-order valence-electron chi connectivity index (χ4n) is 4.73. The van der Waals surface area contributed by atoms with Gasteiger partial charge in [0.15, 0.2) is 0 Å². The smallest absolute Gasteiger partial charge is 0.222 e. The maximum Gasteiger partial charge on any atom is 0.222 e. The van der Waals surface area contributed by atoms with E-state index in [2.05, 4.69) is 42.8 Å². The molecule has 3 atom stereocenters. The van der Waals surface area contributed by atoms with E-state index in [1.165, 1.54) is 41.9 Å². The molecule has 1 aliphatic heterocycles. The summed E-state index contributed by atoms with van der Waals surface area (Å²) in [6, 6.07) is 18.8. The summed E-state index contributed by atoms with van der Waals surface area (Å²) in [5.41, 5.74) is 4.20. The number of aliphatic imine (C=N–C) groups is 2. The van der Waals surface area contributed by atoms with Gasteiger partial charge in [-0.3, -0.25) is 0 Å². The number of halogens is 1. The van der Waals surface area contributed by atoms with Crippen LogP contribution in [0, 0.1) is 11.8 Å². The highest BCUT2D eigenvalue weighted by Crippen LogP contribution is 2.49. The Bertz CT molecular complexity index is 935. The maximum atomic E-state index is 6.45. The highest BCUT2D eigenvalue weighted by Gasteiger charge is 2.38. The molecule has 3 unspecified atom stereocenters. The van der Waals surface area contributed by atoms with Gasteiger partial charge in [-0.15, -0.1) is 11.8 Å². The number of amidine groups is 1. The number of benzene rings is 2. The third-order valence-electron chi connectivity index (χ3n) is 6.15. The van der Waals surface area contributed by atoms with Crippen molar-refractivity contribution < 1.29 is 0 Å². The second kappa shape index (κ2) is 9.32. The zero-order valence-corrected chi connectivity index (χ0v) is 18.4. The minimum atomic E-state index is 0.274. The van der Waals surface area contributed by atoms with Gasteiger partial charge < -0.3 is 0 Å². The van der Waals surface area contributed by atoms with Crippen molar-refractivity contribution in [2.45, 2.75) is 43.4 Å². The molecule has 0 saturated heterocycles. The summed E-state index contributed by atoms with van der Waals surface area (Å²) < 4.78 is 0. The Morgan fingerprint density at radius 1 is 1.00 bits per heavy atom. The molecule has 0 amide bonds. The number of rotatable bonds is 3. The van der Waals surface area contributed by atoms with Crippen LogP contribution in [0.3, 0.4) is 0 Å². The highest BCUT2D eigenvalue weighted by atomic mass is 35.5. The Balaban J connectivity index is 1.62. The first kappa shape index (κ1) is 20.4. The summed E-state index contributed by atoms with van der Waals surface area (Å²) in [6.07, 6.45) is 5.03. The van der Waals surface area contributed by atoms with Crippen LogP contribution in [-0.4, -0.2) is 16.8 Å². The maximum absolute atomic E-state index is 6.45. The lowest BCUT2D eigenvalue weighted by Gasteiger charge is -2.37. The number of thioether (sulfide) groups is 1. The molecule has 1 saturated carbocycles. The standard InChI is InChI=1S/C25H27ClN2S/c1-17(19-10-4-3-5-11-19)27-25(26)28-18(2)21-13-7-6-12-20-16-29-23-15-9-8-14-22(23)24(20)21/h3-5,8-11,14-15,20-21,24H,1,6-7,12-13,16H2,2H3/b27-25-,28-18+. The Labute approximate surface area is 183 Å². The van der Waals surface area contributed by atoms with E-state index < -0.39 is 0 Å². The van der Waals surface area contributed by atoms with E-state index in [1.54, 1.807) is 0 Å². The van der Waals surface area contributed by atoms with Crippen LogP contribution in [0.5, 0.6) is 0 Å².